The van der Waals surface area contributed by atoms with Crippen LogP contribution in [0.1, 0.15) is 5.56 Å². The molecule has 6 heteroatoms. The number of hydrazone groups is 1. The van der Waals surface area contributed by atoms with Crippen molar-refractivity contribution < 1.29 is 4.39 Å². The molecular formula is C21H14ClFN4. The number of rotatable bonds is 4. The Morgan fingerprint density at radius 3 is 2.59 bits per heavy atom. The molecule has 0 fully saturated rings. The smallest absolute Gasteiger partial charge is 0.244 e. The van der Waals surface area contributed by atoms with Crippen LogP contribution in [0.25, 0.3) is 22.2 Å². The van der Waals surface area contributed by atoms with Crippen LogP contribution >= 0.6 is 11.6 Å². The van der Waals surface area contributed by atoms with Gasteiger partial charge in [-0.3, -0.25) is 0 Å². The van der Waals surface area contributed by atoms with E-state index in [4.69, 9.17) is 11.6 Å². The third-order valence-electron chi connectivity index (χ3n) is 3.93. The van der Waals surface area contributed by atoms with Crippen LogP contribution in [0.15, 0.2) is 77.9 Å². The van der Waals surface area contributed by atoms with Crippen LogP contribution < -0.4 is 5.43 Å². The number of nitrogens with one attached hydrogen (secondary N) is 1. The second-order valence-electron chi connectivity index (χ2n) is 5.85. The molecule has 0 saturated carbocycles. The predicted octanol–water partition coefficient (Wildman–Crippen LogP) is 5.54. The van der Waals surface area contributed by atoms with E-state index in [9.17, 15) is 4.39 Å². The number of halogens is 2. The Morgan fingerprint density at radius 2 is 1.78 bits per heavy atom. The Balaban J connectivity index is 1.72. The maximum absolute atomic E-state index is 13.2. The number of benzene rings is 3. The van der Waals surface area contributed by atoms with Crippen molar-refractivity contribution in [3.8, 4) is 11.3 Å². The molecule has 1 aromatic heterocycles. The quantitative estimate of drug-likeness (QED) is 0.376. The third-order valence-corrected chi connectivity index (χ3v) is 4.17. The summed E-state index contributed by atoms with van der Waals surface area (Å²) in [6.45, 7) is 0. The van der Waals surface area contributed by atoms with E-state index in [0.717, 1.165) is 22.2 Å². The zero-order chi connectivity index (χ0) is 18.6. The van der Waals surface area contributed by atoms with Gasteiger partial charge < -0.3 is 0 Å². The lowest BCUT2D eigenvalue weighted by molar-refractivity contribution is 0.627. The van der Waals surface area contributed by atoms with Crippen molar-refractivity contribution in [3.05, 3.63) is 89.2 Å². The van der Waals surface area contributed by atoms with Crippen molar-refractivity contribution in [2.45, 2.75) is 0 Å². The Labute approximate surface area is 160 Å². The van der Waals surface area contributed by atoms with Gasteiger partial charge in [0.05, 0.1) is 17.4 Å². The Kier molecular flexibility index (Phi) is 4.77. The highest BCUT2D eigenvalue weighted by Crippen LogP contribution is 2.29. The van der Waals surface area contributed by atoms with Crippen LogP contribution in [-0.4, -0.2) is 16.2 Å². The molecule has 0 bridgehead atoms. The molecule has 4 aromatic rings. The molecule has 0 aliphatic heterocycles. The minimum atomic E-state index is -0.316. The molecule has 4 nitrogen and oxygen atoms in total. The summed E-state index contributed by atoms with van der Waals surface area (Å²) in [5, 5.41) is 5.59. The molecule has 27 heavy (non-hydrogen) atoms. The zero-order valence-electron chi connectivity index (χ0n) is 14.1. The first-order chi connectivity index (χ1) is 13.2. The maximum atomic E-state index is 13.2. The van der Waals surface area contributed by atoms with Gasteiger partial charge in [-0.25, -0.2) is 19.8 Å². The molecule has 0 saturated heterocycles. The lowest BCUT2D eigenvalue weighted by Gasteiger charge is -2.09. The Morgan fingerprint density at radius 1 is 0.926 bits per heavy atom. The van der Waals surface area contributed by atoms with Gasteiger partial charge in [0.25, 0.3) is 0 Å². The van der Waals surface area contributed by atoms with E-state index in [0.29, 0.717) is 16.5 Å². The summed E-state index contributed by atoms with van der Waals surface area (Å²) in [6, 6.07) is 21.4. The van der Waals surface area contributed by atoms with Gasteiger partial charge >= 0.3 is 0 Å². The molecule has 0 atom stereocenters. The van der Waals surface area contributed by atoms with Crippen LogP contribution in [-0.2, 0) is 0 Å². The molecule has 4 rings (SSSR count). The van der Waals surface area contributed by atoms with Crippen LogP contribution in [0, 0.1) is 5.82 Å². The van der Waals surface area contributed by atoms with Crippen LogP contribution in [0.3, 0.4) is 0 Å². The third kappa shape index (κ3) is 3.93. The van der Waals surface area contributed by atoms with E-state index in [1.165, 1.54) is 18.3 Å². The highest BCUT2D eigenvalue weighted by Gasteiger charge is 2.10. The van der Waals surface area contributed by atoms with E-state index in [2.05, 4.69) is 20.5 Å². The summed E-state index contributed by atoms with van der Waals surface area (Å²) < 4.78 is 13.2. The number of aromatic nitrogens is 2. The first-order valence-electron chi connectivity index (χ1n) is 8.26. The second kappa shape index (κ2) is 7.51. The topological polar surface area (TPSA) is 50.2 Å². The van der Waals surface area contributed by atoms with E-state index in [1.807, 2.05) is 42.5 Å². The van der Waals surface area contributed by atoms with Gasteiger partial charge in [-0.2, -0.15) is 5.10 Å². The fourth-order valence-corrected chi connectivity index (χ4v) is 2.89. The minimum absolute atomic E-state index is 0.316. The summed E-state index contributed by atoms with van der Waals surface area (Å²) >= 11 is 6.16. The number of anilines is 1. The molecular weight excluding hydrogens is 363 g/mol. The van der Waals surface area contributed by atoms with Crippen molar-refractivity contribution in [1.29, 1.82) is 0 Å². The Bertz CT molecular complexity index is 1130. The van der Waals surface area contributed by atoms with Crippen LogP contribution in [0.5, 0.6) is 0 Å². The molecule has 0 unspecified atom stereocenters. The lowest BCUT2D eigenvalue weighted by Crippen LogP contribution is -2.00. The second-order valence-corrected chi connectivity index (χ2v) is 6.28. The number of fused-ring (bicyclic) bond motifs is 1. The molecule has 1 N–H and O–H groups in total. The van der Waals surface area contributed by atoms with Crippen LogP contribution in [0.2, 0.25) is 5.02 Å². The first kappa shape index (κ1) is 17.1. The summed E-state index contributed by atoms with van der Waals surface area (Å²) in [6.07, 6.45) is 1.51. The standard InChI is InChI=1S/C21H14ClFN4/c22-16-9-10-19-18(12-16)20(15-6-2-1-3-7-15)26-21(25-19)27-24-13-14-5-4-8-17(23)11-14/h1-13H,(H,25,26,27)/b24-13+. The van der Waals surface area contributed by atoms with E-state index in [-0.39, 0.29) is 5.82 Å². The summed E-state index contributed by atoms with van der Waals surface area (Å²) in [5.41, 5.74) is 5.91. The van der Waals surface area contributed by atoms with E-state index in [1.54, 1.807) is 18.2 Å². The highest BCUT2D eigenvalue weighted by atomic mass is 35.5. The SMILES string of the molecule is Fc1cccc(/C=N/Nc2nc(-c3ccccc3)c3cc(Cl)ccc3n2)c1. The van der Waals surface area contributed by atoms with Crippen molar-refractivity contribution in [1.82, 2.24) is 9.97 Å². The van der Waals surface area contributed by atoms with Crippen molar-refractivity contribution in [3.63, 3.8) is 0 Å². The molecule has 3 aromatic carbocycles. The van der Waals surface area contributed by atoms with Gasteiger partial charge in [-0.1, -0.05) is 54.1 Å². The fraction of sp³-hybridized carbons (Fsp3) is 0. The minimum Gasteiger partial charge on any atom is -0.245 e. The van der Waals surface area contributed by atoms with Crippen LogP contribution in [0.4, 0.5) is 10.3 Å². The molecule has 1 heterocycles. The number of nitrogens with zero attached hydrogens (tertiary/aromatic N) is 3. The highest BCUT2D eigenvalue weighted by molar-refractivity contribution is 6.31. The normalized spacial score (nSPS) is 11.2. The molecule has 0 aliphatic carbocycles. The fourth-order valence-electron chi connectivity index (χ4n) is 2.72. The van der Waals surface area contributed by atoms with Crippen molar-refractivity contribution in [2.24, 2.45) is 5.10 Å². The van der Waals surface area contributed by atoms with Gasteiger partial charge in [0.1, 0.15) is 5.82 Å². The molecule has 0 amide bonds. The molecule has 0 radical (unpaired) electrons. The summed E-state index contributed by atoms with van der Waals surface area (Å²) in [4.78, 5) is 9.07. The maximum Gasteiger partial charge on any atom is 0.244 e. The monoisotopic (exact) mass is 376 g/mol. The molecule has 0 aliphatic rings. The van der Waals surface area contributed by atoms with Crippen molar-refractivity contribution in [2.75, 3.05) is 5.43 Å². The van der Waals surface area contributed by atoms with Crippen molar-refractivity contribution >= 4 is 34.7 Å². The summed E-state index contributed by atoms with van der Waals surface area (Å²) in [5.74, 6) is 0.0282. The van der Waals surface area contributed by atoms with Gasteiger partial charge in [0.15, 0.2) is 0 Å². The molecule has 0 spiro atoms. The van der Waals surface area contributed by atoms with Gasteiger partial charge in [-0.15, -0.1) is 0 Å². The summed E-state index contributed by atoms with van der Waals surface area (Å²) in [7, 11) is 0. The predicted molar refractivity (Wildman–Crippen MR) is 108 cm³/mol. The van der Waals surface area contributed by atoms with Gasteiger partial charge in [0, 0.05) is 16.0 Å². The number of hydrogen-bond acceptors (Lipinski definition) is 4. The number of hydrogen-bond donors (Lipinski definition) is 1. The van der Waals surface area contributed by atoms with Gasteiger partial charge in [0.2, 0.25) is 5.95 Å². The Hall–Kier alpha value is -3.31. The first-order valence-corrected chi connectivity index (χ1v) is 8.64. The molecule has 132 valence electrons. The van der Waals surface area contributed by atoms with E-state index < -0.39 is 0 Å². The van der Waals surface area contributed by atoms with Gasteiger partial charge in [-0.05, 0) is 35.9 Å². The average molecular weight is 377 g/mol. The van der Waals surface area contributed by atoms with E-state index >= 15 is 0 Å². The zero-order valence-corrected chi connectivity index (χ0v) is 14.9. The lowest BCUT2D eigenvalue weighted by atomic mass is 10.1. The largest absolute Gasteiger partial charge is 0.245 e. The average Bonchev–Trinajstić information content (AvgIpc) is 2.68.